The van der Waals surface area contributed by atoms with E-state index >= 15 is 0 Å². The van der Waals surface area contributed by atoms with Crippen molar-refractivity contribution in [2.75, 3.05) is 33.2 Å². The first-order valence-corrected chi connectivity index (χ1v) is 7.75. The van der Waals surface area contributed by atoms with Crippen molar-refractivity contribution in [2.24, 2.45) is 11.1 Å². The zero-order chi connectivity index (χ0) is 13.9. The average molecular weight is 283 g/mol. The highest BCUT2D eigenvalue weighted by Crippen LogP contribution is 2.39. The lowest BCUT2D eigenvalue weighted by atomic mass is 9.84. The van der Waals surface area contributed by atoms with Gasteiger partial charge in [-0.15, -0.1) is 0 Å². The van der Waals surface area contributed by atoms with Crippen LogP contribution in [0.2, 0.25) is 0 Å². The highest BCUT2D eigenvalue weighted by atomic mass is 32.1. The molecule has 0 radical (unpaired) electrons. The van der Waals surface area contributed by atoms with Gasteiger partial charge >= 0.3 is 0 Å². The van der Waals surface area contributed by atoms with Gasteiger partial charge in [-0.2, -0.15) is 0 Å². The van der Waals surface area contributed by atoms with Gasteiger partial charge in [0.2, 0.25) is 5.91 Å². The number of hydrogen-bond acceptors (Lipinski definition) is 3. The highest BCUT2D eigenvalue weighted by Gasteiger charge is 2.45. The first kappa shape index (κ1) is 14.7. The average Bonchev–Trinajstić information content (AvgIpc) is 3.06. The minimum atomic E-state index is -0.547. The molecule has 0 spiro atoms. The third-order valence-corrected chi connectivity index (χ3v) is 5.03. The van der Waals surface area contributed by atoms with Crippen molar-refractivity contribution in [1.29, 1.82) is 0 Å². The van der Waals surface area contributed by atoms with Crippen LogP contribution in [0.1, 0.15) is 38.5 Å². The Morgan fingerprint density at radius 1 is 1.26 bits per heavy atom. The standard InChI is InChI=1S/C14H25N3OS/c1-16(10-11-17-8-4-5-9-17)13(18)14(12(15)19)6-2-3-7-14/h2-11H2,1H3,(H2,15,19). The second kappa shape index (κ2) is 6.18. The van der Waals surface area contributed by atoms with Crippen molar-refractivity contribution in [2.45, 2.75) is 38.5 Å². The fraction of sp³-hybridized carbons (Fsp3) is 0.857. The van der Waals surface area contributed by atoms with Crippen LogP contribution >= 0.6 is 12.2 Å². The van der Waals surface area contributed by atoms with Crippen molar-refractivity contribution in [3.63, 3.8) is 0 Å². The topological polar surface area (TPSA) is 49.6 Å². The molecule has 0 unspecified atom stereocenters. The Labute approximate surface area is 121 Å². The molecule has 1 saturated heterocycles. The van der Waals surface area contributed by atoms with Crippen molar-refractivity contribution in [3.05, 3.63) is 0 Å². The Kier molecular flexibility index (Phi) is 4.79. The summed E-state index contributed by atoms with van der Waals surface area (Å²) >= 11 is 5.17. The van der Waals surface area contributed by atoms with Gasteiger partial charge in [0.15, 0.2) is 0 Å². The lowest BCUT2D eigenvalue weighted by molar-refractivity contribution is -0.136. The molecular formula is C14H25N3OS. The highest BCUT2D eigenvalue weighted by molar-refractivity contribution is 7.80. The lowest BCUT2D eigenvalue weighted by Crippen LogP contribution is -2.49. The molecule has 19 heavy (non-hydrogen) atoms. The van der Waals surface area contributed by atoms with E-state index in [1.54, 1.807) is 0 Å². The van der Waals surface area contributed by atoms with Crippen LogP contribution in [0.5, 0.6) is 0 Å². The summed E-state index contributed by atoms with van der Waals surface area (Å²) in [6.45, 7) is 4.09. The van der Waals surface area contributed by atoms with Crippen LogP contribution in [-0.2, 0) is 4.79 Å². The van der Waals surface area contributed by atoms with E-state index in [2.05, 4.69) is 4.90 Å². The largest absolute Gasteiger partial charge is 0.392 e. The van der Waals surface area contributed by atoms with E-state index in [9.17, 15) is 4.79 Å². The molecule has 1 aliphatic carbocycles. The minimum Gasteiger partial charge on any atom is -0.392 e. The SMILES string of the molecule is CN(CCN1CCCC1)C(=O)C1(C(N)=S)CCCC1. The quantitative estimate of drug-likeness (QED) is 0.775. The van der Waals surface area contributed by atoms with Gasteiger partial charge in [0.05, 0.1) is 10.4 Å². The van der Waals surface area contributed by atoms with Crippen LogP contribution in [0.4, 0.5) is 0 Å². The van der Waals surface area contributed by atoms with Gasteiger partial charge in [0.1, 0.15) is 0 Å². The van der Waals surface area contributed by atoms with Crippen molar-refractivity contribution >= 4 is 23.1 Å². The second-order valence-electron chi connectivity index (χ2n) is 5.93. The molecule has 2 fully saturated rings. The molecule has 2 aliphatic rings. The number of likely N-dealkylation sites (tertiary alicyclic amines) is 1. The number of thiocarbonyl (C=S) groups is 1. The molecule has 1 amide bonds. The number of likely N-dealkylation sites (N-methyl/N-ethyl adjacent to an activating group) is 1. The monoisotopic (exact) mass is 283 g/mol. The van der Waals surface area contributed by atoms with Gasteiger partial charge in [-0.05, 0) is 38.8 Å². The number of nitrogens with two attached hydrogens (primary N) is 1. The molecule has 108 valence electrons. The van der Waals surface area contributed by atoms with Gasteiger partial charge in [-0.1, -0.05) is 25.1 Å². The molecule has 0 bridgehead atoms. The Hall–Kier alpha value is -0.680. The first-order chi connectivity index (χ1) is 9.06. The molecule has 0 aromatic carbocycles. The lowest BCUT2D eigenvalue weighted by Gasteiger charge is -2.32. The molecule has 2 rings (SSSR count). The smallest absolute Gasteiger partial charge is 0.235 e. The first-order valence-electron chi connectivity index (χ1n) is 7.34. The maximum atomic E-state index is 12.7. The molecule has 2 N–H and O–H groups in total. The van der Waals surface area contributed by atoms with Gasteiger partial charge in [-0.25, -0.2) is 0 Å². The van der Waals surface area contributed by atoms with Gasteiger partial charge in [0, 0.05) is 20.1 Å². The van der Waals surface area contributed by atoms with Gasteiger partial charge < -0.3 is 15.5 Å². The normalized spacial score (nSPS) is 22.6. The summed E-state index contributed by atoms with van der Waals surface area (Å²) in [5.74, 6) is 0.136. The van der Waals surface area contributed by atoms with Gasteiger partial charge in [-0.3, -0.25) is 4.79 Å². The Morgan fingerprint density at radius 3 is 2.37 bits per heavy atom. The van der Waals surface area contributed by atoms with E-state index in [1.165, 1.54) is 25.9 Å². The molecule has 4 nitrogen and oxygen atoms in total. The number of nitrogens with zero attached hydrogens (tertiary/aromatic N) is 2. The molecule has 1 saturated carbocycles. The van der Waals surface area contributed by atoms with Crippen LogP contribution in [0.25, 0.3) is 0 Å². The van der Waals surface area contributed by atoms with E-state index in [4.69, 9.17) is 18.0 Å². The maximum Gasteiger partial charge on any atom is 0.235 e. The van der Waals surface area contributed by atoms with E-state index in [0.717, 1.165) is 38.8 Å². The number of carbonyl (C=O) groups is 1. The molecule has 0 atom stereocenters. The number of carbonyl (C=O) groups excluding carboxylic acids is 1. The van der Waals surface area contributed by atoms with Crippen LogP contribution in [0.3, 0.4) is 0 Å². The molecular weight excluding hydrogens is 258 g/mol. The zero-order valence-corrected chi connectivity index (χ0v) is 12.7. The number of hydrogen-bond donors (Lipinski definition) is 1. The summed E-state index contributed by atoms with van der Waals surface area (Å²) in [4.78, 5) is 17.3. The molecule has 1 aliphatic heterocycles. The van der Waals surface area contributed by atoms with E-state index in [-0.39, 0.29) is 5.91 Å². The summed E-state index contributed by atoms with van der Waals surface area (Å²) in [5, 5.41) is 0. The van der Waals surface area contributed by atoms with Crippen LogP contribution < -0.4 is 5.73 Å². The Morgan fingerprint density at radius 2 is 1.84 bits per heavy atom. The summed E-state index contributed by atoms with van der Waals surface area (Å²) < 4.78 is 0. The third-order valence-electron chi connectivity index (χ3n) is 4.64. The van der Waals surface area contributed by atoms with Crippen molar-refractivity contribution in [1.82, 2.24) is 9.80 Å². The van der Waals surface area contributed by atoms with Crippen LogP contribution in [-0.4, -0.2) is 53.9 Å². The molecule has 0 aromatic rings. The summed E-state index contributed by atoms with van der Waals surface area (Å²) in [7, 11) is 1.89. The zero-order valence-electron chi connectivity index (χ0n) is 11.9. The predicted molar refractivity (Wildman–Crippen MR) is 81.0 cm³/mol. The predicted octanol–water partition coefficient (Wildman–Crippen LogP) is 1.39. The van der Waals surface area contributed by atoms with Crippen LogP contribution in [0, 0.1) is 5.41 Å². The maximum absolute atomic E-state index is 12.7. The summed E-state index contributed by atoms with van der Waals surface area (Å²) in [6, 6.07) is 0. The molecule has 0 aromatic heterocycles. The molecule has 1 heterocycles. The summed E-state index contributed by atoms with van der Waals surface area (Å²) in [6.07, 6.45) is 6.35. The molecule has 5 heteroatoms. The Bertz CT molecular complexity index is 347. The summed E-state index contributed by atoms with van der Waals surface area (Å²) in [5.41, 5.74) is 5.32. The number of amides is 1. The van der Waals surface area contributed by atoms with E-state index < -0.39 is 5.41 Å². The van der Waals surface area contributed by atoms with Crippen LogP contribution in [0.15, 0.2) is 0 Å². The fourth-order valence-electron chi connectivity index (χ4n) is 3.31. The minimum absolute atomic E-state index is 0.136. The number of rotatable bonds is 5. The van der Waals surface area contributed by atoms with Crippen molar-refractivity contribution < 1.29 is 4.79 Å². The fourth-order valence-corrected chi connectivity index (χ4v) is 3.60. The van der Waals surface area contributed by atoms with E-state index in [0.29, 0.717) is 4.99 Å². The second-order valence-corrected chi connectivity index (χ2v) is 6.37. The Balaban J connectivity index is 1.91. The van der Waals surface area contributed by atoms with E-state index in [1.807, 2.05) is 11.9 Å². The van der Waals surface area contributed by atoms with Crippen molar-refractivity contribution in [3.8, 4) is 0 Å². The third kappa shape index (κ3) is 3.08. The van der Waals surface area contributed by atoms with Gasteiger partial charge in [0.25, 0.3) is 0 Å².